The van der Waals surface area contributed by atoms with Crippen LogP contribution in [-0.2, 0) is 6.54 Å². The maximum absolute atomic E-state index is 12.5. The van der Waals surface area contributed by atoms with Gasteiger partial charge in [-0.25, -0.2) is 9.97 Å². The number of nitrogens with zero attached hydrogens (tertiary/aromatic N) is 2. The van der Waals surface area contributed by atoms with Gasteiger partial charge in [-0.3, -0.25) is 4.79 Å². The van der Waals surface area contributed by atoms with E-state index in [1.807, 2.05) is 31.2 Å². The minimum atomic E-state index is -0.0752. The van der Waals surface area contributed by atoms with E-state index in [0.29, 0.717) is 23.8 Å². The number of rotatable bonds is 6. The van der Waals surface area contributed by atoms with Crippen LogP contribution in [0.2, 0.25) is 0 Å². The van der Waals surface area contributed by atoms with Crippen LogP contribution >= 0.6 is 0 Å². The molecule has 1 aromatic heterocycles. The highest BCUT2D eigenvalue weighted by Gasteiger charge is 2.18. The van der Waals surface area contributed by atoms with Gasteiger partial charge in [0.1, 0.15) is 5.75 Å². The number of carbonyl (C=O) groups excluding carboxylic acids is 1. The lowest BCUT2D eigenvalue weighted by Crippen LogP contribution is -2.36. The average molecular weight is 354 g/mol. The van der Waals surface area contributed by atoms with Gasteiger partial charge < -0.3 is 15.4 Å². The molecule has 3 rings (SSSR count). The molecule has 0 bridgehead atoms. The molecule has 1 amide bonds. The van der Waals surface area contributed by atoms with Crippen molar-refractivity contribution in [2.24, 2.45) is 0 Å². The summed E-state index contributed by atoms with van der Waals surface area (Å²) in [6, 6.07) is 8.10. The number of anilines is 1. The lowest BCUT2D eigenvalue weighted by atomic mass is 9.95. The van der Waals surface area contributed by atoms with Crippen molar-refractivity contribution >= 4 is 11.9 Å². The number of hydrogen-bond acceptors (Lipinski definition) is 5. The lowest BCUT2D eigenvalue weighted by molar-refractivity contribution is 0.0926. The molecule has 6 heteroatoms. The van der Waals surface area contributed by atoms with Crippen molar-refractivity contribution in [2.45, 2.75) is 51.6 Å². The Morgan fingerprint density at radius 3 is 2.81 bits per heavy atom. The van der Waals surface area contributed by atoms with Crippen molar-refractivity contribution in [3.63, 3.8) is 0 Å². The van der Waals surface area contributed by atoms with Gasteiger partial charge in [-0.15, -0.1) is 0 Å². The zero-order valence-electron chi connectivity index (χ0n) is 15.4. The minimum Gasteiger partial charge on any atom is -0.497 e. The van der Waals surface area contributed by atoms with Gasteiger partial charge in [0.25, 0.3) is 5.91 Å². The van der Waals surface area contributed by atoms with E-state index in [1.165, 1.54) is 19.3 Å². The summed E-state index contributed by atoms with van der Waals surface area (Å²) in [6.07, 6.45) is 7.37. The molecular formula is C20H26N4O2. The van der Waals surface area contributed by atoms with E-state index in [2.05, 4.69) is 20.6 Å². The SMILES string of the molecule is COc1cccc(CNc2ncc(C(=O)NC3CCCCC3)c(C)n2)c1. The first kappa shape index (κ1) is 18.2. The summed E-state index contributed by atoms with van der Waals surface area (Å²) in [5.41, 5.74) is 2.30. The van der Waals surface area contributed by atoms with Gasteiger partial charge in [-0.1, -0.05) is 31.4 Å². The maximum atomic E-state index is 12.5. The minimum absolute atomic E-state index is 0.0752. The van der Waals surface area contributed by atoms with Crippen LogP contribution in [0.4, 0.5) is 5.95 Å². The van der Waals surface area contributed by atoms with E-state index in [4.69, 9.17) is 4.74 Å². The molecule has 1 aliphatic rings. The predicted molar refractivity (Wildman–Crippen MR) is 101 cm³/mol. The largest absolute Gasteiger partial charge is 0.497 e. The van der Waals surface area contributed by atoms with Gasteiger partial charge in [-0.2, -0.15) is 0 Å². The molecule has 1 fully saturated rings. The molecule has 1 aliphatic carbocycles. The van der Waals surface area contributed by atoms with Crippen molar-refractivity contribution in [3.8, 4) is 5.75 Å². The fourth-order valence-corrected chi connectivity index (χ4v) is 3.25. The fraction of sp³-hybridized carbons (Fsp3) is 0.450. The van der Waals surface area contributed by atoms with Crippen molar-refractivity contribution in [2.75, 3.05) is 12.4 Å². The van der Waals surface area contributed by atoms with Gasteiger partial charge in [0, 0.05) is 18.8 Å². The number of hydrogen-bond donors (Lipinski definition) is 2. The molecule has 0 spiro atoms. The predicted octanol–water partition coefficient (Wildman–Crippen LogP) is 3.47. The molecule has 1 saturated carbocycles. The monoisotopic (exact) mass is 354 g/mol. The molecule has 2 aromatic rings. The van der Waals surface area contributed by atoms with E-state index in [9.17, 15) is 4.79 Å². The Morgan fingerprint density at radius 2 is 2.08 bits per heavy atom. The first-order valence-corrected chi connectivity index (χ1v) is 9.17. The standard InChI is InChI=1S/C20H26N4O2/c1-14-18(19(25)24-16-8-4-3-5-9-16)13-22-20(23-14)21-12-15-7-6-10-17(11-15)26-2/h6-7,10-11,13,16H,3-5,8-9,12H2,1-2H3,(H,24,25)(H,21,22,23). The molecule has 1 aromatic carbocycles. The van der Waals surface area contributed by atoms with Crippen LogP contribution in [0.15, 0.2) is 30.5 Å². The van der Waals surface area contributed by atoms with Crippen LogP contribution in [0.25, 0.3) is 0 Å². The highest BCUT2D eigenvalue weighted by atomic mass is 16.5. The maximum Gasteiger partial charge on any atom is 0.254 e. The third-order valence-electron chi connectivity index (χ3n) is 4.75. The molecule has 2 N–H and O–H groups in total. The zero-order chi connectivity index (χ0) is 18.4. The van der Waals surface area contributed by atoms with Crippen LogP contribution in [-0.4, -0.2) is 29.0 Å². The Bertz CT molecular complexity index is 757. The Balaban J connectivity index is 1.60. The fourth-order valence-electron chi connectivity index (χ4n) is 3.25. The van der Waals surface area contributed by atoms with Crippen molar-refractivity contribution in [1.82, 2.24) is 15.3 Å². The highest BCUT2D eigenvalue weighted by Crippen LogP contribution is 2.18. The van der Waals surface area contributed by atoms with Gasteiger partial charge in [0.2, 0.25) is 5.95 Å². The molecule has 0 atom stereocenters. The second-order valence-corrected chi connectivity index (χ2v) is 6.71. The van der Waals surface area contributed by atoms with Crippen LogP contribution in [0.3, 0.4) is 0 Å². The number of carbonyl (C=O) groups is 1. The van der Waals surface area contributed by atoms with Crippen LogP contribution in [0, 0.1) is 6.92 Å². The highest BCUT2D eigenvalue weighted by molar-refractivity contribution is 5.95. The summed E-state index contributed by atoms with van der Waals surface area (Å²) in [4.78, 5) is 21.2. The van der Waals surface area contributed by atoms with E-state index in [0.717, 1.165) is 24.2 Å². The Hall–Kier alpha value is -2.63. The topological polar surface area (TPSA) is 76.1 Å². The van der Waals surface area contributed by atoms with Gasteiger partial charge in [-0.05, 0) is 37.5 Å². The lowest BCUT2D eigenvalue weighted by Gasteiger charge is -2.23. The van der Waals surface area contributed by atoms with Crippen LogP contribution in [0.1, 0.15) is 53.7 Å². The summed E-state index contributed by atoms with van der Waals surface area (Å²) < 4.78 is 5.23. The quantitative estimate of drug-likeness (QED) is 0.831. The zero-order valence-corrected chi connectivity index (χ0v) is 15.4. The van der Waals surface area contributed by atoms with Gasteiger partial charge in [0.15, 0.2) is 0 Å². The number of aromatic nitrogens is 2. The molecule has 0 unspecified atom stereocenters. The number of methoxy groups -OCH3 is 1. The third-order valence-corrected chi connectivity index (χ3v) is 4.75. The molecule has 1 heterocycles. The van der Waals surface area contributed by atoms with Crippen molar-refractivity contribution < 1.29 is 9.53 Å². The number of aryl methyl sites for hydroxylation is 1. The summed E-state index contributed by atoms with van der Waals surface area (Å²) in [5, 5.41) is 6.30. The summed E-state index contributed by atoms with van der Waals surface area (Å²) in [5.74, 6) is 1.25. The molecule has 6 nitrogen and oxygen atoms in total. The van der Waals surface area contributed by atoms with Crippen LogP contribution < -0.4 is 15.4 Å². The molecule has 0 aliphatic heterocycles. The summed E-state index contributed by atoms with van der Waals surface area (Å²) in [7, 11) is 1.65. The Labute approximate surface area is 154 Å². The number of ether oxygens (including phenoxy) is 1. The number of benzene rings is 1. The smallest absolute Gasteiger partial charge is 0.254 e. The second kappa shape index (κ2) is 8.65. The van der Waals surface area contributed by atoms with Gasteiger partial charge in [0.05, 0.1) is 18.4 Å². The van der Waals surface area contributed by atoms with Crippen molar-refractivity contribution in [1.29, 1.82) is 0 Å². The Morgan fingerprint density at radius 1 is 1.27 bits per heavy atom. The summed E-state index contributed by atoms with van der Waals surface area (Å²) in [6.45, 7) is 2.43. The Kier molecular flexibility index (Phi) is 6.04. The first-order chi connectivity index (χ1) is 12.7. The normalized spacial score (nSPS) is 14.7. The molecular weight excluding hydrogens is 328 g/mol. The van der Waals surface area contributed by atoms with Crippen molar-refractivity contribution in [3.05, 3.63) is 47.3 Å². The van der Waals surface area contributed by atoms with E-state index < -0.39 is 0 Å². The van der Waals surface area contributed by atoms with E-state index in [1.54, 1.807) is 13.3 Å². The molecule has 0 radical (unpaired) electrons. The third kappa shape index (κ3) is 4.71. The van der Waals surface area contributed by atoms with Crippen LogP contribution in [0.5, 0.6) is 5.75 Å². The molecule has 138 valence electrons. The van der Waals surface area contributed by atoms with E-state index in [-0.39, 0.29) is 11.9 Å². The molecule has 26 heavy (non-hydrogen) atoms. The van der Waals surface area contributed by atoms with Gasteiger partial charge >= 0.3 is 0 Å². The number of amides is 1. The first-order valence-electron chi connectivity index (χ1n) is 9.17. The average Bonchev–Trinajstić information content (AvgIpc) is 2.67. The number of nitrogens with one attached hydrogen (secondary N) is 2. The second-order valence-electron chi connectivity index (χ2n) is 6.71. The summed E-state index contributed by atoms with van der Waals surface area (Å²) >= 11 is 0. The van der Waals surface area contributed by atoms with E-state index >= 15 is 0 Å². The molecule has 0 saturated heterocycles.